The van der Waals surface area contributed by atoms with Gasteiger partial charge in [-0.25, -0.2) is 4.79 Å². The predicted octanol–water partition coefficient (Wildman–Crippen LogP) is 2.35. The lowest BCUT2D eigenvalue weighted by Gasteiger charge is -2.16. The van der Waals surface area contributed by atoms with E-state index in [0.29, 0.717) is 5.06 Å². The summed E-state index contributed by atoms with van der Waals surface area (Å²) in [4.78, 5) is 49.0. The minimum absolute atomic E-state index is 0.187. The SMILES string of the molecule is CN(OC(=O)c1ccccc1)C(=O)c1cc([N+](=O)[O-])cc([N+](=O)[O-])c1. The Morgan fingerprint density at radius 3 is 1.92 bits per heavy atom. The van der Waals surface area contributed by atoms with Crippen molar-refractivity contribution in [1.82, 2.24) is 5.06 Å². The first kappa shape index (κ1) is 17.5. The molecule has 0 fully saturated rings. The molecule has 0 N–H and O–H groups in total. The van der Waals surface area contributed by atoms with E-state index in [1.807, 2.05) is 0 Å². The molecule has 128 valence electrons. The van der Waals surface area contributed by atoms with Crippen molar-refractivity contribution in [3.05, 3.63) is 79.9 Å². The van der Waals surface area contributed by atoms with Crippen LogP contribution in [0.25, 0.3) is 0 Å². The smallest absolute Gasteiger partial charge is 0.333 e. The molecule has 10 heteroatoms. The zero-order chi connectivity index (χ0) is 18.6. The van der Waals surface area contributed by atoms with Crippen LogP contribution in [0.2, 0.25) is 0 Å². The van der Waals surface area contributed by atoms with Crippen LogP contribution in [0, 0.1) is 20.2 Å². The van der Waals surface area contributed by atoms with E-state index >= 15 is 0 Å². The number of hydrogen-bond acceptors (Lipinski definition) is 7. The molecular weight excluding hydrogens is 334 g/mol. The van der Waals surface area contributed by atoms with Gasteiger partial charge in [-0.2, -0.15) is 5.06 Å². The van der Waals surface area contributed by atoms with E-state index in [2.05, 4.69) is 0 Å². The molecule has 1 amide bonds. The molecule has 25 heavy (non-hydrogen) atoms. The maximum Gasteiger partial charge on any atom is 0.363 e. The molecule has 0 aliphatic carbocycles. The molecule has 2 rings (SSSR count). The number of non-ortho nitro benzene ring substituents is 2. The zero-order valence-corrected chi connectivity index (χ0v) is 12.8. The van der Waals surface area contributed by atoms with E-state index in [4.69, 9.17) is 4.84 Å². The van der Waals surface area contributed by atoms with Crippen LogP contribution >= 0.6 is 0 Å². The van der Waals surface area contributed by atoms with Crippen LogP contribution in [0.15, 0.2) is 48.5 Å². The van der Waals surface area contributed by atoms with Crippen LogP contribution in [0.5, 0.6) is 0 Å². The zero-order valence-electron chi connectivity index (χ0n) is 12.8. The highest BCUT2D eigenvalue weighted by Gasteiger charge is 2.24. The number of nitrogens with zero attached hydrogens (tertiary/aromatic N) is 3. The molecule has 0 heterocycles. The van der Waals surface area contributed by atoms with Crippen molar-refractivity contribution in [2.24, 2.45) is 0 Å². The quantitative estimate of drug-likeness (QED) is 0.613. The molecule has 10 nitrogen and oxygen atoms in total. The number of hydroxylamine groups is 2. The molecule has 0 unspecified atom stereocenters. The standard InChI is InChI=1S/C15H11N3O7/c1-16(25-15(20)10-5-3-2-4-6-10)14(19)11-7-12(17(21)22)9-13(8-11)18(23)24/h2-9H,1H3. The van der Waals surface area contributed by atoms with Gasteiger partial charge in [-0.3, -0.25) is 25.0 Å². The number of nitro groups is 2. The van der Waals surface area contributed by atoms with Gasteiger partial charge in [-0.15, -0.1) is 0 Å². The number of benzene rings is 2. The van der Waals surface area contributed by atoms with E-state index in [1.165, 1.54) is 12.1 Å². The van der Waals surface area contributed by atoms with Gasteiger partial charge in [0, 0.05) is 19.2 Å². The van der Waals surface area contributed by atoms with Crippen molar-refractivity contribution in [1.29, 1.82) is 0 Å². The first-order chi connectivity index (χ1) is 11.8. The molecule has 0 atom stereocenters. The van der Waals surface area contributed by atoms with E-state index in [0.717, 1.165) is 25.2 Å². The summed E-state index contributed by atoms with van der Waals surface area (Å²) in [6.45, 7) is 0. The predicted molar refractivity (Wildman–Crippen MR) is 83.7 cm³/mol. The minimum atomic E-state index is -0.948. The molecule has 0 bridgehead atoms. The van der Waals surface area contributed by atoms with Gasteiger partial charge in [0.25, 0.3) is 17.3 Å². The van der Waals surface area contributed by atoms with Crippen LogP contribution in [-0.2, 0) is 4.84 Å². The lowest BCUT2D eigenvalue weighted by molar-refractivity contribution is -0.394. The monoisotopic (exact) mass is 345 g/mol. The van der Waals surface area contributed by atoms with Gasteiger partial charge < -0.3 is 4.84 Å². The Morgan fingerprint density at radius 1 is 0.920 bits per heavy atom. The fraction of sp³-hybridized carbons (Fsp3) is 0.0667. The number of nitro benzene ring substituents is 2. The Kier molecular flexibility index (Phi) is 5.03. The average Bonchev–Trinajstić information content (AvgIpc) is 2.61. The van der Waals surface area contributed by atoms with Crippen LogP contribution < -0.4 is 0 Å². The Labute approximate surface area is 140 Å². The molecule has 0 saturated heterocycles. The highest BCUT2D eigenvalue weighted by atomic mass is 16.7. The van der Waals surface area contributed by atoms with E-state index in [1.54, 1.807) is 18.2 Å². The molecule has 2 aromatic rings. The Balaban J connectivity index is 2.25. The van der Waals surface area contributed by atoms with Crippen molar-refractivity contribution in [2.45, 2.75) is 0 Å². The van der Waals surface area contributed by atoms with Gasteiger partial charge in [-0.1, -0.05) is 18.2 Å². The largest absolute Gasteiger partial charge is 0.363 e. The van der Waals surface area contributed by atoms with Crippen LogP contribution in [0.4, 0.5) is 11.4 Å². The molecule has 0 aliphatic heterocycles. The van der Waals surface area contributed by atoms with Crippen LogP contribution in [-0.4, -0.2) is 33.8 Å². The van der Waals surface area contributed by atoms with Gasteiger partial charge >= 0.3 is 5.97 Å². The van der Waals surface area contributed by atoms with Crippen molar-refractivity contribution in [2.75, 3.05) is 7.05 Å². The molecule has 0 aliphatic rings. The van der Waals surface area contributed by atoms with Crippen molar-refractivity contribution < 1.29 is 24.3 Å². The van der Waals surface area contributed by atoms with E-state index in [9.17, 15) is 29.8 Å². The van der Waals surface area contributed by atoms with Gasteiger partial charge in [0.2, 0.25) is 0 Å². The fourth-order valence-corrected chi connectivity index (χ4v) is 1.90. The summed E-state index contributed by atoms with van der Waals surface area (Å²) in [5.74, 6) is -1.77. The van der Waals surface area contributed by atoms with E-state index in [-0.39, 0.29) is 11.1 Å². The third-order valence-corrected chi connectivity index (χ3v) is 3.09. The number of amides is 1. The number of rotatable bonds is 4. The van der Waals surface area contributed by atoms with Crippen LogP contribution in [0.3, 0.4) is 0 Å². The summed E-state index contributed by atoms with van der Waals surface area (Å²) in [5, 5.41) is 22.3. The second-order valence-corrected chi connectivity index (χ2v) is 4.80. The summed E-state index contributed by atoms with van der Waals surface area (Å²) in [6.07, 6.45) is 0. The number of hydrogen-bond donors (Lipinski definition) is 0. The summed E-state index contributed by atoms with van der Waals surface area (Å²) < 4.78 is 0. The third kappa shape index (κ3) is 4.13. The Morgan fingerprint density at radius 2 is 1.44 bits per heavy atom. The topological polar surface area (TPSA) is 133 Å². The first-order valence-electron chi connectivity index (χ1n) is 6.79. The molecule has 0 radical (unpaired) electrons. The number of carbonyl (C=O) groups excluding carboxylic acids is 2. The van der Waals surface area contributed by atoms with Crippen LogP contribution in [0.1, 0.15) is 20.7 Å². The van der Waals surface area contributed by atoms with Gasteiger partial charge in [0.1, 0.15) is 0 Å². The highest BCUT2D eigenvalue weighted by Crippen LogP contribution is 2.23. The minimum Gasteiger partial charge on any atom is -0.333 e. The van der Waals surface area contributed by atoms with Gasteiger partial charge in [0.15, 0.2) is 0 Å². The second kappa shape index (κ2) is 7.17. The highest BCUT2D eigenvalue weighted by molar-refractivity contribution is 5.96. The van der Waals surface area contributed by atoms with Crippen molar-refractivity contribution in [3.8, 4) is 0 Å². The number of carbonyl (C=O) groups is 2. The normalized spacial score (nSPS) is 9.96. The van der Waals surface area contributed by atoms with Crippen molar-refractivity contribution in [3.63, 3.8) is 0 Å². The maximum absolute atomic E-state index is 12.3. The van der Waals surface area contributed by atoms with Crippen molar-refractivity contribution >= 4 is 23.3 Å². The summed E-state index contributed by atoms with van der Waals surface area (Å²) in [7, 11) is 1.12. The van der Waals surface area contributed by atoms with Gasteiger partial charge in [-0.05, 0) is 12.1 Å². The Hall–Kier alpha value is -3.82. The molecule has 0 spiro atoms. The molecule has 0 saturated carbocycles. The fourth-order valence-electron chi connectivity index (χ4n) is 1.90. The Bertz CT molecular complexity index is 819. The molecule has 2 aromatic carbocycles. The summed E-state index contributed by atoms with van der Waals surface area (Å²) in [5.41, 5.74) is -1.42. The lowest BCUT2D eigenvalue weighted by Crippen LogP contribution is -2.30. The van der Waals surface area contributed by atoms with Gasteiger partial charge in [0.05, 0.1) is 27.0 Å². The second-order valence-electron chi connectivity index (χ2n) is 4.80. The summed E-state index contributed by atoms with van der Waals surface area (Å²) in [6, 6.07) is 10.3. The maximum atomic E-state index is 12.3. The summed E-state index contributed by atoms with van der Waals surface area (Å²) >= 11 is 0. The lowest BCUT2D eigenvalue weighted by atomic mass is 10.1. The first-order valence-corrected chi connectivity index (χ1v) is 6.79. The average molecular weight is 345 g/mol. The molecule has 0 aromatic heterocycles. The van der Waals surface area contributed by atoms with E-state index < -0.39 is 33.1 Å². The third-order valence-electron chi connectivity index (χ3n) is 3.09. The molecular formula is C15H11N3O7.